The molecule has 1 aliphatic rings. The van der Waals surface area contributed by atoms with Gasteiger partial charge in [0.25, 0.3) is 0 Å². The minimum atomic E-state index is -3.53. The minimum Gasteiger partial charge on any atom is -0.328 e. The molecule has 1 saturated carbocycles. The third kappa shape index (κ3) is 3.95. The number of rotatable bonds is 6. The molecule has 0 aromatic carbocycles. The van der Waals surface area contributed by atoms with Gasteiger partial charge in [-0.05, 0) is 31.2 Å². The van der Waals surface area contributed by atoms with E-state index in [1.165, 1.54) is 18.3 Å². The predicted molar refractivity (Wildman–Crippen MR) is 82.7 cm³/mol. The van der Waals surface area contributed by atoms with Crippen molar-refractivity contribution in [1.82, 2.24) is 9.29 Å². The second-order valence-electron chi connectivity index (χ2n) is 6.13. The molecule has 6 heteroatoms. The Morgan fingerprint density at radius 2 is 1.95 bits per heavy atom. The quantitative estimate of drug-likeness (QED) is 0.876. The summed E-state index contributed by atoms with van der Waals surface area (Å²) in [6, 6.07) is 2.76. The standard InChI is InChI=1S/C15H24N2O3S/c1-12(2)9-10-17(13-5-3-4-6-13)21(19,20)14-7-8-15(18)16-11-14/h7-8,11-13H,3-6,9-10H2,1-2H3,(H,16,18). The molecular formula is C15H24N2O3S. The number of hydrogen-bond acceptors (Lipinski definition) is 3. The number of aromatic amines is 1. The van der Waals surface area contributed by atoms with E-state index < -0.39 is 10.0 Å². The first-order valence-electron chi connectivity index (χ1n) is 7.62. The van der Waals surface area contributed by atoms with Crippen molar-refractivity contribution in [2.45, 2.75) is 56.9 Å². The Balaban J connectivity index is 2.28. The highest BCUT2D eigenvalue weighted by Gasteiger charge is 2.33. The van der Waals surface area contributed by atoms with Crippen molar-refractivity contribution in [2.75, 3.05) is 6.54 Å². The van der Waals surface area contributed by atoms with Crippen LogP contribution in [0.2, 0.25) is 0 Å². The fourth-order valence-corrected chi connectivity index (χ4v) is 4.44. The molecule has 0 spiro atoms. The van der Waals surface area contributed by atoms with E-state index in [0.717, 1.165) is 32.1 Å². The predicted octanol–water partition coefficient (Wildman–Crippen LogP) is 2.35. The molecule has 5 nitrogen and oxygen atoms in total. The Morgan fingerprint density at radius 1 is 1.29 bits per heavy atom. The third-order valence-corrected chi connectivity index (χ3v) is 5.97. The van der Waals surface area contributed by atoms with Crippen LogP contribution in [0.5, 0.6) is 0 Å². The molecule has 0 amide bonds. The van der Waals surface area contributed by atoms with Crippen LogP contribution in [0.1, 0.15) is 46.0 Å². The lowest BCUT2D eigenvalue weighted by atomic mass is 10.1. The van der Waals surface area contributed by atoms with Gasteiger partial charge >= 0.3 is 0 Å². The normalized spacial score (nSPS) is 17.0. The number of aromatic nitrogens is 1. The lowest BCUT2D eigenvalue weighted by molar-refractivity contribution is 0.304. The maximum absolute atomic E-state index is 12.8. The van der Waals surface area contributed by atoms with E-state index in [1.54, 1.807) is 4.31 Å². The Bertz CT molecular complexity index is 596. The van der Waals surface area contributed by atoms with Gasteiger partial charge in [-0.2, -0.15) is 4.31 Å². The van der Waals surface area contributed by atoms with Crippen molar-refractivity contribution in [3.8, 4) is 0 Å². The van der Waals surface area contributed by atoms with Crippen LogP contribution in [-0.2, 0) is 10.0 Å². The van der Waals surface area contributed by atoms with E-state index in [1.807, 2.05) is 0 Å². The third-order valence-electron chi connectivity index (χ3n) is 4.02. The molecule has 1 heterocycles. The van der Waals surface area contributed by atoms with Gasteiger partial charge in [0, 0.05) is 24.8 Å². The summed E-state index contributed by atoms with van der Waals surface area (Å²) in [5.41, 5.74) is -0.288. The first-order chi connectivity index (χ1) is 9.91. The van der Waals surface area contributed by atoms with Crippen LogP contribution in [0.4, 0.5) is 0 Å². The van der Waals surface area contributed by atoms with Crippen molar-refractivity contribution >= 4 is 10.0 Å². The Kier molecular flexibility index (Phi) is 5.22. The van der Waals surface area contributed by atoms with Gasteiger partial charge in [-0.1, -0.05) is 26.7 Å². The minimum absolute atomic E-state index is 0.0979. The monoisotopic (exact) mass is 312 g/mol. The average Bonchev–Trinajstić information content (AvgIpc) is 2.92. The molecular weight excluding hydrogens is 288 g/mol. The van der Waals surface area contributed by atoms with Crippen LogP contribution in [0.3, 0.4) is 0 Å². The average molecular weight is 312 g/mol. The second-order valence-corrected chi connectivity index (χ2v) is 8.02. The molecule has 1 N–H and O–H groups in total. The number of pyridine rings is 1. The molecule has 0 unspecified atom stereocenters. The number of H-pyrrole nitrogens is 1. The highest BCUT2D eigenvalue weighted by atomic mass is 32.2. The van der Waals surface area contributed by atoms with E-state index in [0.29, 0.717) is 12.5 Å². The van der Waals surface area contributed by atoms with Crippen molar-refractivity contribution in [2.24, 2.45) is 5.92 Å². The zero-order valence-corrected chi connectivity index (χ0v) is 13.5. The topological polar surface area (TPSA) is 70.2 Å². The maximum atomic E-state index is 12.8. The molecule has 0 saturated heterocycles. The zero-order chi connectivity index (χ0) is 15.5. The summed E-state index contributed by atoms with van der Waals surface area (Å²) >= 11 is 0. The summed E-state index contributed by atoms with van der Waals surface area (Å²) in [7, 11) is -3.53. The number of hydrogen-bond donors (Lipinski definition) is 1. The summed E-state index contributed by atoms with van der Waals surface area (Å²) in [6.07, 6.45) is 6.18. The Morgan fingerprint density at radius 3 is 2.48 bits per heavy atom. The largest absolute Gasteiger partial charge is 0.328 e. The number of nitrogens with zero attached hydrogens (tertiary/aromatic N) is 1. The highest BCUT2D eigenvalue weighted by Crippen LogP contribution is 2.28. The molecule has 2 rings (SSSR count). The maximum Gasteiger partial charge on any atom is 0.247 e. The van der Waals surface area contributed by atoms with E-state index >= 15 is 0 Å². The van der Waals surface area contributed by atoms with Gasteiger partial charge in [-0.3, -0.25) is 4.79 Å². The molecule has 1 aromatic rings. The summed E-state index contributed by atoms with van der Waals surface area (Å²) in [5, 5.41) is 0. The van der Waals surface area contributed by atoms with Crippen molar-refractivity contribution < 1.29 is 8.42 Å². The summed E-state index contributed by atoms with van der Waals surface area (Å²) in [5.74, 6) is 0.458. The van der Waals surface area contributed by atoms with E-state index in [4.69, 9.17) is 0 Å². The summed E-state index contributed by atoms with van der Waals surface area (Å²) in [4.78, 5) is 13.8. The van der Waals surface area contributed by atoms with Crippen molar-refractivity contribution in [1.29, 1.82) is 0 Å². The van der Waals surface area contributed by atoms with Crippen LogP contribution in [0.25, 0.3) is 0 Å². The molecule has 21 heavy (non-hydrogen) atoms. The molecule has 0 aliphatic heterocycles. The SMILES string of the molecule is CC(C)CCN(C1CCCC1)S(=O)(=O)c1ccc(=O)[nH]c1. The molecule has 0 radical (unpaired) electrons. The first-order valence-corrected chi connectivity index (χ1v) is 9.06. The number of nitrogens with one attached hydrogen (secondary N) is 1. The molecule has 0 bridgehead atoms. The van der Waals surface area contributed by atoms with Gasteiger partial charge in [0.2, 0.25) is 15.6 Å². The fraction of sp³-hybridized carbons (Fsp3) is 0.667. The Hall–Kier alpha value is -1.14. The van der Waals surface area contributed by atoms with E-state index in [-0.39, 0.29) is 16.5 Å². The van der Waals surface area contributed by atoms with E-state index in [9.17, 15) is 13.2 Å². The van der Waals surface area contributed by atoms with Crippen LogP contribution >= 0.6 is 0 Å². The van der Waals surface area contributed by atoms with Gasteiger partial charge in [-0.25, -0.2) is 8.42 Å². The first kappa shape index (κ1) is 16.2. The highest BCUT2D eigenvalue weighted by molar-refractivity contribution is 7.89. The van der Waals surface area contributed by atoms with Gasteiger partial charge in [0.05, 0.1) is 4.90 Å². The summed E-state index contributed by atoms with van der Waals surface area (Å²) < 4.78 is 27.3. The number of sulfonamides is 1. The molecule has 118 valence electrons. The second kappa shape index (κ2) is 6.75. The Labute approximate surface area is 126 Å². The molecule has 1 aliphatic carbocycles. The molecule has 1 aromatic heterocycles. The van der Waals surface area contributed by atoms with Crippen LogP contribution in [0, 0.1) is 5.92 Å². The van der Waals surface area contributed by atoms with Gasteiger partial charge < -0.3 is 4.98 Å². The summed E-state index contributed by atoms with van der Waals surface area (Å²) in [6.45, 7) is 4.74. The zero-order valence-electron chi connectivity index (χ0n) is 12.7. The van der Waals surface area contributed by atoms with Gasteiger partial charge in [0.1, 0.15) is 0 Å². The molecule has 0 atom stereocenters. The molecule has 1 fully saturated rings. The van der Waals surface area contributed by atoms with Crippen molar-refractivity contribution in [3.63, 3.8) is 0 Å². The van der Waals surface area contributed by atoms with Gasteiger partial charge in [0.15, 0.2) is 0 Å². The lowest BCUT2D eigenvalue weighted by Crippen LogP contribution is -2.40. The van der Waals surface area contributed by atoms with E-state index in [2.05, 4.69) is 18.8 Å². The van der Waals surface area contributed by atoms with Crippen LogP contribution < -0.4 is 5.56 Å². The lowest BCUT2D eigenvalue weighted by Gasteiger charge is -2.28. The van der Waals surface area contributed by atoms with Gasteiger partial charge in [-0.15, -0.1) is 0 Å². The smallest absolute Gasteiger partial charge is 0.247 e. The fourth-order valence-electron chi connectivity index (χ4n) is 2.77. The van der Waals surface area contributed by atoms with Crippen LogP contribution in [0.15, 0.2) is 28.0 Å². The van der Waals surface area contributed by atoms with Crippen molar-refractivity contribution in [3.05, 3.63) is 28.7 Å². The van der Waals surface area contributed by atoms with Crippen LogP contribution in [-0.4, -0.2) is 30.3 Å².